The van der Waals surface area contributed by atoms with Crippen LogP contribution in [0.5, 0.6) is 0 Å². The lowest BCUT2D eigenvalue weighted by Crippen LogP contribution is -2.57. The fraction of sp³-hybridized carbons (Fsp3) is 0.375. The highest BCUT2D eigenvalue weighted by Gasteiger charge is 2.62. The van der Waals surface area contributed by atoms with Crippen LogP contribution in [0.3, 0.4) is 0 Å². The van der Waals surface area contributed by atoms with Gasteiger partial charge in [0.15, 0.2) is 0 Å². The van der Waals surface area contributed by atoms with E-state index in [1.54, 1.807) is 0 Å². The number of rotatable bonds is 3. The van der Waals surface area contributed by atoms with E-state index in [1.165, 1.54) is 16.7 Å². The molecule has 0 amide bonds. The lowest BCUT2D eigenvalue weighted by atomic mass is 9.41. The standard InChI is InChI=1S/C24H24O2/c25-22(26)24-14-18-12-23(16-24,20-9-5-2-6-10-20)13-19(15-24)21(18)11-17-7-3-1-4-8-17/h1-11,18-19H,12-16H2,(H,25,26). The van der Waals surface area contributed by atoms with Crippen molar-refractivity contribution in [2.75, 3.05) is 0 Å². The second-order valence-electron chi connectivity index (χ2n) is 8.67. The van der Waals surface area contributed by atoms with E-state index in [2.05, 4.69) is 60.7 Å². The zero-order chi connectivity index (χ0) is 17.8. The van der Waals surface area contributed by atoms with Crippen molar-refractivity contribution in [2.24, 2.45) is 17.3 Å². The molecule has 2 nitrogen and oxygen atoms in total. The summed E-state index contributed by atoms with van der Waals surface area (Å²) in [6, 6.07) is 21.2. The Morgan fingerprint density at radius 3 is 2.04 bits per heavy atom. The first-order chi connectivity index (χ1) is 12.6. The molecule has 1 N–H and O–H groups in total. The van der Waals surface area contributed by atoms with Gasteiger partial charge in [0.1, 0.15) is 0 Å². The van der Waals surface area contributed by atoms with Crippen molar-refractivity contribution in [3.05, 3.63) is 77.4 Å². The molecule has 0 aromatic heterocycles. The minimum atomic E-state index is -0.578. The van der Waals surface area contributed by atoms with Crippen LogP contribution in [0.1, 0.15) is 43.2 Å². The van der Waals surface area contributed by atoms with E-state index in [1.807, 2.05) is 6.07 Å². The van der Waals surface area contributed by atoms with Crippen LogP contribution in [-0.2, 0) is 10.2 Å². The molecule has 0 heterocycles. The second-order valence-corrected chi connectivity index (χ2v) is 8.67. The Kier molecular flexibility index (Phi) is 3.40. The van der Waals surface area contributed by atoms with Crippen molar-refractivity contribution in [1.82, 2.24) is 0 Å². The highest BCUT2D eigenvalue weighted by Crippen LogP contribution is 2.67. The minimum absolute atomic E-state index is 0.0412. The van der Waals surface area contributed by atoms with E-state index in [0.29, 0.717) is 11.8 Å². The molecule has 0 radical (unpaired) electrons. The van der Waals surface area contributed by atoms with Gasteiger partial charge < -0.3 is 5.11 Å². The predicted octanol–water partition coefficient (Wildman–Crippen LogP) is 5.30. The molecular weight excluding hydrogens is 320 g/mol. The fourth-order valence-corrected chi connectivity index (χ4v) is 6.30. The number of carbonyl (C=O) groups is 1. The molecule has 4 aliphatic carbocycles. The summed E-state index contributed by atoms with van der Waals surface area (Å²) in [6.45, 7) is 0. The molecule has 4 saturated carbocycles. The van der Waals surface area contributed by atoms with Gasteiger partial charge in [-0.05, 0) is 60.5 Å². The smallest absolute Gasteiger partial charge is 0.309 e. The Morgan fingerprint density at radius 1 is 0.885 bits per heavy atom. The maximum absolute atomic E-state index is 12.3. The lowest BCUT2D eigenvalue weighted by Gasteiger charge is -2.61. The van der Waals surface area contributed by atoms with E-state index >= 15 is 0 Å². The zero-order valence-electron chi connectivity index (χ0n) is 14.9. The average molecular weight is 344 g/mol. The van der Waals surface area contributed by atoms with Crippen LogP contribution in [0.25, 0.3) is 6.08 Å². The number of hydrogen-bond acceptors (Lipinski definition) is 1. The van der Waals surface area contributed by atoms with Gasteiger partial charge in [-0.2, -0.15) is 0 Å². The normalized spacial score (nSPS) is 34.7. The van der Waals surface area contributed by atoms with Gasteiger partial charge >= 0.3 is 5.97 Å². The molecule has 4 fully saturated rings. The van der Waals surface area contributed by atoms with Gasteiger partial charge in [0.05, 0.1) is 5.41 Å². The molecule has 4 bridgehead atoms. The van der Waals surface area contributed by atoms with E-state index in [4.69, 9.17) is 0 Å². The van der Waals surface area contributed by atoms with E-state index in [0.717, 1.165) is 32.1 Å². The van der Waals surface area contributed by atoms with Gasteiger partial charge in [0.25, 0.3) is 0 Å². The Morgan fingerprint density at radius 2 is 1.46 bits per heavy atom. The summed E-state index contributed by atoms with van der Waals surface area (Å²) in [5.41, 5.74) is 3.60. The summed E-state index contributed by atoms with van der Waals surface area (Å²) >= 11 is 0. The van der Waals surface area contributed by atoms with Gasteiger partial charge in [-0.15, -0.1) is 0 Å². The molecule has 0 spiro atoms. The van der Waals surface area contributed by atoms with E-state index in [-0.39, 0.29) is 5.41 Å². The molecule has 4 aliphatic rings. The predicted molar refractivity (Wildman–Crippen MR) is 103 cm³/mol. The molecule has 6 rings (SSSR count). The minimum Gasteiger partial charge on any atom is -0.481 e. The molecule has 0 saturated heterocycles. The summed E-state index contributed by atoms with van der Waals surface area (Å²) in [4.78, 5) is 12.3. The van der Waals surface area contributed by atoms with Crippen molar-refractivity contribution < 1.29 is 9.90 Å². The SMILES string of the molecule is O=C(O)C12CC3CC(c4ccccc4)(CC(C1)C3=Cc1ccccc1)C2. The van der Waals surface area contributed by atoms with Crippen LogP contribution in [0, 0.1) is 17.3 Å². The lowest BCUT2D eigenvalue weighted by molar-refractivity contribution is -0.162. The van der Waals surface area contributed by atoms with Crippen molar-refractivity contribution in [3.8, 4) is 0 Å². The van der Waals surface area contributed by atoms with Crippen LogP contribution < -0.4 is 0 Å². The molecule has 132 valence electrons. The molecule has 2 aromatic carbocycles. The van der Waals surface area contributed by atoms with Crippen LogP contribution in [0.4, 0.5) is 0 Å². The summed E-state index contributed by atoms with van der Waals surface area (Å²) in [7, 11) is 0. The van der Waals surface area contributed by atoms with Crippen molar-refractivity contribution in [1.29, 1.82) is 0 Å². The second kappa shape index (κ2) is 5.57. The third-order valence-electron chi connectivity index (χ3n) is 7.14. The van der Waals surface area contributed by atoms with Gasteiger partial charge in [0, 0.05) is 0 Å². The molecule has 2 aromatic rings. The van der Waals surface area contributed by atoms with Gasteiger partial charge in [-0.1, -0.05) is 72.3 Å². The number of benzene rings is 2. The maximum Gasteiger partial charge on any atom is 0.309 e. The van der Waals surface area contributed by atoms with Crippen LogP contribution in [0.15, 0.2) is 66.2 Å². The molecule has 2 atom stereocenters. The van der Waals surface area contributed by atoms with Gasteiger partial charge in [0.2, 0.25) is 0 Å². The number of hydrogen-bond donors (Lipinski definition) is 1. The van der Waals surface area contributed by atoms with E-state index < -0.39 is 11.4 Å². The van der Waals surface area contributed by atoms with Crippen molar-refractivity contribution in [3.63, 3.8) is 0 Å². The number of allylic oxidation sites excluding steroid dienone is 1. The molecule has 26 heavy (non-hydrogen) atoms. The van der Waals surface area contributed by atoms with Crippen LogP contribution >= 0.6 is 0 Å². The van der Waals surface area contributed by atoms with Gasteiger partial charge in [-0.25, -0.2) is 0 Å². The zero-order valence-corrected chi connectivity index (χ0v) is 14.9. The number of carboxylic acids is 1. The largest absolute Gasteiger partial charge is 0.481 e. The number of carboxylic acid groups (broad SMARTS) is 1. The average Bonchev–Trinajstić information content (AvgIpc) is 2.66. The van der Waals surface area contributed by atoms with Crippen molar-refractivity contribution >= 4 is 12.0 Å². The molecule has 2 unspecified atom stereocenters. The monoisotopic (exact) mass is 344 g/mol. The summed E-state index contributed by atoms with van der Waals surface area (Å²) < 4.78 is 0. The first-order valence-corrected chi connectivity index (χ1v) is 9.66. The highest BCUT2D eigenvalue weighted by molar-refractivity contribution is 5.77. The Bertz CT molecular complexity index is 848. The highest BCUT2D eigenvalue weighted by atomic mass is 16.4. The number of aliphatic carboxylic acids is 1. The first kappa shape index (κ1) is 15.9. The summed E-state index contributed by atoms with van der Waals surface area (Å²) in [5, 5.41) is 10.1. The summed E-state index contributed by atoms with van der Waals surface area (Å²) in [5.74, 6) is 0.214. The van der Waals surface area contributed by atoms with E-state index in [9.17, 15) is 9.90 Å². The van der Waals surface area contributed by atoms with Crippen molar-refractivity contribution in [2.45, 2.75) is 37.5 Å². The maximum atomic E-state index is 12.3. The third-order valence-corrected chi connectivity index (χ3v) is 7.14. The quantitative estimate of drug-likeness (QED) is 0.820. The fourth-order valence-electron chi connectivity index (χ4n) is 6.30. The van der Waals surface area contributed by atoms with Crippen LogP contribution in [0.2, 0.25) is 0 Å². The molecule has 0 aliphatic heterocycles. The Hall–Kier alpha value is -2.35. The summed E-state index contributed by atoms with van der Waals surface area (Å²) in [6.07, 6.45) is 6.98. The molecular formula is C24H24O2. The molecule has 2 heteroatoms. The Labute approximate surface area is 154 Å². The first-order valence-electron chi connectivity index (χ1n) is 9.66. The van der Waals surface area contributed by atoms with Crippen LogP contribution in [-0.4, -0.2) is 11.1 Å². The topological polar surface area (TPSA) is 37.3 Å². The Balaban J connectivity index is 1.59. The van der Waals surface area contributed by atoms with Gasteiger partial charge in [-0.3, -0.25) is 4.79 Å². The third kappa shape index (κ3) is 2.28.